The Labute approximate surface area is 79.6 Å². The van der Waals surface area contributed by atoms with E-state index >= 15 is 0 Å². The highest BCUT2D eigenvalue weighted by Crippen LogP contribution is 2.23. The van der Waals surface area contributed by atoms with Crippen LogP contribution >= 0.6 is 11.3 Å². The van der Waals surface area contributed by atoms with Gasteiger partial charge in [0.25, 0.3) is 0 Å². The van der Waals surface area contributed by atoms with Gasteiger partial charge < -0.3 is 0 Å². The summed E-state index contributed by atoms with van der Waals surface area (Å²) in [6.45, 7) is 0. The summed E-state index contributed by atoms with van der Waals surface area (Å²) >= 11 is 1.62. The number of aryl methyl sites for hydroxylation is 1. The number of aldehydes is 1. The summed E-state index contributed by atoms with van der Waals surface area (Å²) in [5.74, 6) is 0. The number of aromatic nitrogens is 2. The number of hydrogen-bond acceptors (Lipinski definition) is 3. The van der Waals surface area contributed by atoms with Crippen molar-refractivity contribution in [3.05, 3.63) is 29.3 Å². The van der Waals surface area contributed by atoms with Crippen LogP contribution in [0, 0.1) is 0 Å². The van der Waals surface area contributed by atoms with Crippen molar-refractivity contribution < 1.29 is 4.79 Å². The first-order valence-electron chi connectivity index (χ1n) is 3.84. The largest absolute Gasteiger partial charge is 0.296 e. The van der Waals surface area contributed by atoms with Crippen LogP contribution in [0.4, 0.5) is 0 Å². The topological polar surface area (TPSA) is 34.9 Å². The Hall–Kier alpha value is -1.42. The molecule has 2 aromatic heterocycles. The fraction of sp³-hybridized carbons (Fsp3) is 0.111. The van der Waals surface area contributed by atoms with E-state index in [-0.39, 0.29) is 0 Å². The van der Waals surface area contributed by atoms with Crippen molar-refractivity contribution in [2.24, 2.45) is 7.05 Å². The number of nitrogens with zero attached hydrogens (tertiary/aromatic N) is 2. The third-order valence-corrected chi connectivity index (χ3v) is 2.70. The minimum Gasteiger partial charge on any atom is -0.296 e. The average Bonchev–Trinajstić information content (AvgIpc) is 2.71. The Morgan fingerprint density at radius 3 is 3.00 bits per heavy atom. The highest BCUT2D eigenvalue weighted by molar-refractivity contribution is 7.13. The van der Waals surface area contributed by atoms with Crippen molar-refractivity contribution in [3.8, 4) is 10.6 Å². The molecular formula is C9H8N2OS. The molecule has 0 N–H and O–H groups in total. The fourth-order valence-electron chi connectivity index (χ4n) is 1.14. The smallest absolute Gasteiger partial charge is 0.168 e. The average molecular weight is 192 g/mol. The predicted molar refractivity (Wildman–Crippen MR) is 51.9 cm³/mol. The molecule has 2 aromatic rings. The van der Waals surface area contributed by atoms with Crippen LogP contribution in [0.5, 0.6) is 0 Å². The molecule has 0 radical (unpaired) electrons. The lowest BCUT2D eigenvalue weighted by Gasteiger charge is -1.88. The van der Waals surface area contributed by atoms with Gasteiger partial charge in [-0.2, -0.15) is 5.10 Å². The Kier molecular flexibility index (Phi) is 1.98. The number of rotatable bonds is 2. The minimum absolute atomic E-state index is 0.600. The molecule has 4 heteroatoms. The first kappa shape index (κ1) is 8.19. The molecule has 0 bridgehead atoms. The van der Waals surface area contributed by atoms with Gasteiger partial charge >= 0.3 is 0 Å². The van der Waals surface area contributed by atoms with Crippen molar-refractivity contribution in [2.45, 2.75) is 0 Å². The predicted octanol–water partition coefficient (Wildman–Crippen LogP) is 1.96. The highest BCUT2D eigenvalue weighted by Gasteiger charge is 2.06. The van der Waals surface area contributed by atoms with Crippen LogP contribution in [0.1, 0.15) is 10.5 Å². The molecule has 0 aliphatic heterocycles. The summed E-state index contributed by atoms with van der Waals surface area (Å²) in [7, 11) is 1.76. The minimum atomic E-state index is 0.600. The van der Waals surface area contributed by atoms with E-state index in [9.17, 15) is 4.79 Å². The van der Waals surface area contributed by atoms with Crippen molar-refractivity contribution >= 4 is 17.6 Å². The van der Waals surface area contributed by atoms with E-state index in [0.29, 0.717) is 5.69 Å². The molecule has 0 fully saturated rings. The normalized spacial score (nSPS) is 10.2. The summed E-state index contributed by atoms with van der Waals surface area (Å²) in [5, 5.41) is 6.21. The van der Waals surface area contributed by atoms with Gasteiger partial charge in [-0.15, -0.1) is 11.3 Å². The zero-order valence-electron chi connectivity index (χ0n) is 7.10. The zero-order chi connectivity index (χ0) is 9.26. The van der Waals surface area contributed by atoms with Gasteiger partial charge in [0.1, 0.15) is 11.4 Å². The molecule has 0 aliphatic carbocycles. The summed E-state index contributed by atoms with van der Waals surface area (Å²) in [4.78, 5) is 11.6. The third-order valence-electron chi connectivity index (χ3n) is 1.81. The van der Waals surface area contributed by atoms with E-state index in [1.54, 1.807) is 29.1 Å². The maximum absolute atomic E-state index is 10.6. The molecule has 13 heavy (non-hydrogen) atoms. The van der Waals surface area contributed by atoms with Crippen LogP contribution in [0.25, 0.3) is 10.6 Å². The Bertz CT molecular complexity index is 417. The molecule has 0 saturated carbocycles. The quantitative estimate of drug-likeness (QED) is 0.682. The van der Waals surface area contributed by atoms with Gasteiger partial charge in [0.2, 0.25) is 0 Å². The van der Waals surface area contributed by atoms with Crippen molar-refractivity contribution in [2.75, 3.05) is 0 Å². The van der Waals surface area contributed by atoms with Gasteiger partial charge in [-0.05, 0) is 17.5 Å². The standard InChI is InChI=1S/C9H8N2OS/c1-11-7(6-12)5-8(10-11)9-3-2-4-13-9/h2-6H,1H3. The van der Waals surface area contributed by atoms with E-state index in [1.165, 1.54) is 0 Å². The lowest BCUT2D eigenvalue weighted by molar-refractivity contribution is 0.111. The maximum Gasteiger partial charge on any atom is 0.168 e. The van der Waals surface area contributed by atoms with Gasteiger partial charge in [0.15, 0.2) is 6.29 Å². The van der Waals surface area contributed by atoms with E-state index in [1.807, 2.05) is 17.5 Å². The van der Waals surface area contributed by atoms with Gasteiger partial charge in [0.05, 0.1) is 4.88 Å². The monoisotopic (exact) mass is 192 g/mol. The number of carbonyl (C=O) groups is 1. The first-order chi connectivity index (χ1) is 6.31. The second-order valence-electron chi connectivity index (χ2n) is 2.67. The van der Waals surface area contributed by atoms with Crippen molar-refractivity contribution in [1.82, 2.24) is 9.78 Å². The molecule has 0 amide bonds. The first-order valence-corrected chi connectivity index (χ1v) is 4.72. The molecular weight excluding hydrogens is 184 g/mol. The van der Waals surface area contributed by atoms with Gasteiger partial charge in [-0.25, -0.2) is 0 Å². The van der Waals surface area contributed by atoms with E-state index < -0.39 is 0 Å². The summed E-state index contributed by atoms with van der Waals surface area (Å²) in [6, 6.07) is 5.75. The van der Waals surface area contributed by atoms with E-state index in [2.05, 4.69) is 5.10 Å². The number of hydrogen-bond donors (Lipinski definition) is 0. The second-order valence-corrected chi connectivity index (χ2v) is 3.62. The van der Waals surface area contributed by atoms with Crippen molar-refractivity contribution in [1.29, 1.82) is 0 Å². The van der Waals surface area contributed by atoms with E-state index in [0.717, 1.165) is 16.9 Å². The molecule has 3 nitrogen and oxygen atoms in total. The van der Waals surface area contributed by atoms with Gasteiger partial charge in [-0.1, -0.05) is 6.07 Å². The molecule has 2 heterocycles. The molecule has 66 valence electrons. The number of thiophene rings is 1. The molecule has 0 aromatic carbocycles. The third kappa shape index (κ3) is 1.40. The molecule has 0 spiro atoms. The van der Waals surface area contributed by atoms with Crippen LogP contribution in [0.3, 0.4) is 0 Å². The fourth-order valence-corrected chi connectivity index (χ4v) is 1.82. The summed E-state index contributed by atoms with van der Waals surface area (Å²) in [6.07, 6.45) is 0.810. The summed E-state index contributed by atoms with van der Waals surface area (Å²) < 4.78 is 1.59. The van der Waals surface area contributed by atoms with Gasteiger partial charge in [0, 0.05) is 7.05 Å². The Balaban J connectivity index is 2.48. The van der Waals surface area contributed by atoms with Crippen LogP contribution in [0.2, 0.25) is 0 Å². The Morgan fingerprint density at radius 2 is 2.46 bits per heavy atom. The van der Waals surface area contributed by atoms with Crippen LogP contribution in [0.15, 0.2) is 23.6 Å². The van der Waals surface area contributed by atoms with Gasteiger partial charge in [-0.3, -0.25) is 9.48 Å². The van der Waals surface area contributed by atoms with Crippen LogP contribution in [-0.2, 0) is 7.05 Å². The number of carbonyl (C=O) groups excluding carboxylic acids is 1. The molecule has 0 aliphatic rings. The molecule has 0 saturated heterocycles. The van der Waals surface area contributed by atoms with Crippen LogP contribution < -0.4 is 0 Å². The SMILES string of the molecule is Cn1nc(-c2cccs2)cc1C=O. The lowest BCUT2D eigenvalue weighted by Crippen LogP contribution is -1.95. The van der Waals surface area contributed by atoms with E-state index in [4.69, 9.17) is 0 Å². The highest BCUT2D eigenvalue weighted by atomic mass is 32.1. The van der Waals surface area contributed by atoms with Crippen molar-refractivity contribution in [3.63, 3.8) is 0 Å². The molecule has 0 unspecified atom stereocenters. The molecule has 2 rings (SSSR count). The zero-order valence-corrected chi connectivity index (χ0v) is 7.91. The summed E-state index contributed by atoms with van der Waals surface area (Å²) in [5.41, 5.74) is 1.46. The second kappa shape index (κ2) is 3.14. The molecule has 0 atom stereocenters. The lowest BCUT2D eigenvalue weighted by atomic mass is 10.3. The van der Waals surface area contributed by atoms with Crippen LogP contribution in [-0.4, -0.2) is 16.1 Å². The maximum atomic E-state index is 10.6. The Morgan fingerprint density at radius 1 is 1.62 bits per heavy atom.